The highest BCUT2D eigenvalue weighted by Crippen LogP contribution is 2.37. The number of hydrogen-bond donors (Lipinski definition) is 0. The zero-order valence-electron chi connectivity index (χ0n) is 20.3. The van der Waals surface area contributed by atoms with E-state index < -0.39 is 0 Å². The van der Waals surface area contributed by atoms with Gasteiger partial charge in [-0.3, -0.25) is 0 Å². The lowest BCUT2D eigenvalue weighted by Crippen LogP contribution is -2.04. The number of hydrogen-bond acceptors (Lipinski definition) is 5. The van der Waals surface area contributed by atoms with Gasteiger partial charge < -0.3 is 9.47 Å². The van der Waals surface area contributed by atoms with Crippen LogP contribution in [0.2, 0.25) is 0 Å². The second kappa shape index (κ2) is 11.8. The van der Waals surface area contributed by atoms with Crippen molar-refractivity contribution >= 4 is 38.6 Å². The highest BCUT2D eigenvalue weighted by atomic mass is 79.9. The van der Waals surface area contributed by atoms with Gasteiger partial charge in [0.2, 0.25) is 5.13 Å². The van der Waals surface area contributed by atoms with E-state index in [4.69, 9.17) is 14.5 Å². The molecule has 0 saturated heterocycles. The van der Waals surface area contributed by atoms with E-state index in [1.54, 1.807) is 18.4 Å². The third kappa shape index (κ3) is 6.05. The highest BCUT2D eigenvalue weighted by molar-refractivity contribution is 9.10. The minimum absolute atomic E-state index is 0.465. The monoisotopic (exact) mass is 560 g/mol. The number of nitrogens with zero attached hydrogens (tertiary/aromatic N) is 2. The number of thiazole rings is 1. The number of halogens is 1. The first-order valence-corrected chi connectivity index (χ1v) is 14.0. The molecule has 0 amide bonds. The van der Waals surface area contributed by atoms with Crippen molar-refractivity contribution in [1.82, 2.24) is 4.98 Å². The van der Waals surface area contributed by atoms with Gasteiger partial charge in [0.05, 0.1) is 17.3 Å². The van der Waals surface area contributed by atoms with E-state index in [9.17, 15) is 0 Å². The fraction of sp³-hybridized carbons (Fsp3) is 0.267. The van der Waals surface area contributed by atoms with Gasteiger partial charge in [-0.15, -0.1) is 11.3 Å². The number of ether oxygens (including phenoxy) is 2. The summed E-state index contributed by atoms with van der Waals surface area (Å²) in [5.74, 6) is 2.04. The Morgan fingerprint density at radius 3 is 2.56 bits per heavy atom. The molecule has 1 aromatic heterocycles. The summed E-state index contributed by atoms with van der Waals surface area (Å²) in [6, 6.07) is 22.9. The van der Waals surface area contributed by atoms with Crippen molar-refractivity contribution in [1.29, 1.82) is 0 Å². The van der Waals surface area contributed by atoms with Gasteiger partial charge in [-0.25, -0.2) is 9.98 Å². The van der Waals surface area contributed by atoms with Crippen LogP contribution in [0.3, 0.4) is 0 Å². The molecule has 6 heteroatoms. The second-order valence-electron chi connectivity index (χ2n) is 9.04. The highest BCUT2D eigenvalue weighted by Gasteiger charge is 2.16. The zero-order valence-corrected chi connectivity index (χ0v) is 22.7. The molecule has 1 fully saturated rings. The lowest BCUT2D eigenvalue weighted by molar-refractivity contribution is 0.282. The van der Waals surface area contributed by atoms with E-state index in [2.05, 4.69) is 50.6 Å². The van der Waals surface area contributed by atoms with Crippen LogP contribution in [0.4, 0.5) is 5.13 Å². The van der Waals surface area contributed by atoms with Crippen molar-refractivity contribution in [2.24, 2.45) is 4.99 Å². The largest absolute Gasteiger partial charge is 0.493 e. The molecule has 5 rings (SSSR count). The topological polar surface area (TPSA) is 43.7 Å². The van der Waals surface area contributed by atoms with Gasteiger partial charge in [0.15, 0.2) is 11.5 Å². The Morgan fingerprint density at radius 2 is 1.81 bits per heavy atom. The molecule has 4 nitrogen and oxygen atoms in total. The van der Waals surface area contributed by atoms with Gasteiger partial charge >= 0.3 is 0 Å². The van der Waals surface area contributed by atoms with Gasteiger partial charge in [-0.05, 0) is 63.5 Å². The van der Waals surface area contributed by atoms with E-state index in [0.717, 1.165) is 37.9 Å². The number of aromatic nitrogens is 1. The van der Waals surface area contributed by atoms with Crippen LogP contribution in [0.25, 0.3) is 11.3 Å². The van der Waals surface area contributed by atoms with Crippen LogP contribution in [-0.2, 0) is 6.61 Å². The summed E-state index contributed by atoms with van der Waals surface area (Å²) in [5.41, 5.74) is 5.56. The number of rotatable bonds is 8. The summed E-state index contributed by atoms with van der Waals surface area (Å²) in [5, 5.41) is 2.79. The smallest absolute Gasteiger partial charge is 0.209 e. The Balaban J connectivity index is 1.27. The summed E-state index contributed by atoms with van der Waals surface area (Å²) >= 11 is 5.17. The van der Waals surface area contributed by atoms with Gasteiger partial charge in [-0.2, -0.15) is 0 Å². The van der Waals surface area contributed by atoms with Crippen molar-refractivity contribution in [2.75, 3.05) is 7.11 Å². The number of benzene rings is 3. The van der Waals surface area contributed by atoms with Gasteiger partial charge in [0, 0.05) is 17.2 Å². The van der Waals surface area contributed by atoms with E-state index in [-0.39, 0.29) is 0 Å². The SMILES string of the molecule is COc1cc(C=Nc2nc(-c3ccc(C4CCCCC4)cc3)cs2)cc(Br)c1OCc1ccccc1. The van der Waals surface area contributed by atoms with Crippen LogP contribution < -0.4 is 9.47 Å². The summed E-state index contributed by atoms with van der Waals surface area (Å²) in [6.07, 6.45) is 8.53. The van der Waals surface area contributed by atoms with Crippen LogP contribution >= 0.6 is 27.3 Å². The van der Waals surface area contributed by atoms with Gasteiger partial charge in [-0.1, -0.05) is 73.9 Å². The first-order valence-electron chi connectivity index (χ1n) is 12.3. The molecule has 0 aliphatic heterocycles. The van der Waals surface area contributed by atoms with Crippen LogP contribution in [0.15, 0.2) is 81.6 Å². The first-order chi connectivity index (χ1) is 17.7. The predicted molar refractivity (Wildman–Crippen MR) is 152 cm³/mol. The maximum absolute atomic E-state index is 6.04. The van der Waals surface area contributed by atoms with E-state index >= 15 is 0 Å². The fourth-order valence-corrected chi connectivity index (χ4v) is 5.88. The van der Waals surface area contributed by atoms with Gasteiger partial charge in [0.1, 0.15) is 6.61 Å². The van der Waals surface area contributed by atoms with Crippen LogP contribution in [0, 0.1) is 0 Å². The zero-order chi connectivity index (χ0) is 24.7. The average Bonchev–Trinajstić information content (AvgIpc) is 3.41. The molecule has 1 saturated carbocycles. The molecule has 1 heterocycles. The minimum Gasteiger partial charge on any atom is -0.493 e. The molecule has 0 N–H and O–H groups in total. The van der Waals surface area contributed by atoms with E-state index in [1.165, 1.54) is 37.7 Å². The minimum atomic E-state index is 0.465. The van der Waals surface area contributed by atoms with Crippen molar-refractivity contribution in [3.63, 3.8) is 0 Å². The molecule has 0 bridgehead atoms. The molecule has 1 aliphatic rings. The first kappa shape index (κ1) is 24.7. The lowest BCUT2D eigenvalue weighted by atomic mass is 9.84. The summed E-state index contributed by atoms with van der Waals surface area (Å²) < 4.78 is 12.4. The molecule has 36 heavy (non-hydrogen) atoms. The third-order valence-corrected chi connectivity index (χ3v) is 7.91. The Labute approximate surface area is 225 Å². The summed E-state index contributed by atoms with van der Waals surface area (Å²) in [7, 11) is 1.64. The summed E-state index contributed by atoms with van der Waals surface area (Å²) in [6.45, 7) is 0.465. The number of methoxy groups -OCH3 is 1. The molecule has 184 valence electrons. The standard InChI is InChI=1S/C30H29BrN2O2S/c1-34-28-17-22(16-26(31)29(28)35-19-21-8-4-2-5-9-21)18-32-30-33-27(20-36-30)25-14-12-24(13-15-25)23-10-6-3-7-11-23/h2,4-5,8-9,12-18,20,23H,3,6-7,10-11,19H2,1H3. The molecule has 0 spiro atoms. The predicted octanol–water partition coefficient (Wildman–Crippen LogP) is 8.96. The van der Waals surface area contributed by atoms with E-state index in [0.29, 0.717) is 18.1 Å². The lowest BCUT2D eigenvalue weighted by Gasteiger charge is -2.22. The van der Waals surface area contributed by atoms with Gasteiger partial charge in [0.25, 0.3) is 0 Å². The Hall–Kier alpha value is -2.96. The van der Waals surface area contributed by atoms with E-state index in [1.807, 2.05) is 48.7 Å². The van der Waals surface area contributed by atoms with Crippen molar-refractivity contribution in [3.05, 3.63) is 93.3 Å². The van der Waals surface area contributed by atoms with Crippen LogP contribution in [0.5, 0.6) is 11.5 Å². The maximum Gasteiger partial charge on any atom is 0.209 e. The fourth-order valence-electron chi connectivity index (χ4n) is 4.63. The Morgan fingerprint density at radius 1 is 1.03 bits per heavy atom. The molecule has 1 aliphatic carbocycles. The molecule has 0 radical (unpaired) electrons. The van der Waals surface area contributed by atoms with Crippen molar-refractivity contribution < 1.29 is 9.47 Å². The molecular formula is C30H29BrN2O2S. The van der Waals surface area contributed by atoms with Crippen molar-refractivity contribution in [3.8, 4) is 22.8 Å². The average molecular weight is 562 g/mol. The quantitative estimate of drug-likeness (QED) is 0.202. The Kier molecular flexibility index (Phi) is 8.14. The second-order valence-corrected chi connectivity index (χ2v) is 10.7. The third-order valence-electron chi connectivity index (χ3n) is 6.58. The summed E-state index contributed by atoms with van der Waals surface area (Å²) in [4.78, 5) is 9.35. The normalized spacial score (nSPS) is 14.3. The maximum atomic E-state index is 6.04. The van der Waals surface area contributed by atoms with Crippen molar-refractivity contribution in [2.45, 2.75) is 44.6 Å². The molecule has 4 aromatic rings. The molecular weight excluding hydrogens is 532 g/mol. The van der Waals surface area contributed by atoms with Crippen LogP contribution in [0.1, 0.15) is 54.7 Å². The molecule has 0 atom stereocenters. The number of aliphatic imine (C=N–C) groups is 1. The molecule has 0 unspecified atom stereocenters. The van der Waals surface area contributed by atoms with Crippen LogP contribution in [-0.4, -0.2) is 18.3 Å². The Bertz CT molecular complexity index is 1310. The molecule has 3 aromatic carbocycles.